The summed E-state index contributed by atoms with van der Waals surface area (Å²) in [6, 6.07) is 2.03. The normalized spacial score (nSPS) is 9.71. The van der Waals surface area contributed by atoms with Crippen molar-refractivity contribution in [2.75, 3.05) is 12.4 Å². The molecule has 1 amide bonds. The first kappa shape index (κ1) is 11.2. The van der Waals surface area contributed by atoms with Crippen LogP contribution in [0.1, 0.15) is 0 Å². The first-order valence-electron chi connectivity index (χ1n) is 3.54. The molecule has 0 radical (unpaired) electrons. The van der Waals surface area contributed by atoms with Crippen molar-refractivity contribution in [3.63, 3.8) is 0 Å². The average Bonchev–Trinajstić information content (AvgIpc) is 2.14. The Bertz CT molecular complexity index is 347. The highest BCUT2D eigenvalue weighted by molar-refractivity contribution is 14.1. The minimum absolute atomic E-state index is 0.0206. The van der Waals surface area contributed by atoms with Gasteiger partial charge in [0, 0.05) is 5.69 Å². The van der Waals surface area contributed by atoms with Crippen LogP contribution in [0.4, 0.5) is 19.3 Å². The Balaban J connectivity index is 2.95. The second-order valence-corrected chi connectivity index (χ2v) is 3.45. The molecule has 76 valence electrons. The smallest absolute Gasteiger partial charge is 0.411 e. The summed E-state index contributed by atoms with van der Waals surface area (Å²) in [5.41, 5.74) is 0.0206. The summed E-state index contributed by atoms with van der Waals surface area (Å²) in [5, 5.41) is 2.16. The maximum Gasteiger partial charge on any atom is 0.411 e. The number of rotatable bonds is 1. The number of methoxy groups -OCH3 is 1. The summed E-state index contributed by atoms with van der Waals surface area (Å²) >= 11 is 1.53. The van der Waals surface area contributed by atoms with Gasteiger partial charge in [0.15, 0.2) is 0 Å². The van der Waals surface area contributed by atoms with E-state index in [2.05, 4.69) is 10.1 Å². The van der Waals surface area contributed by atoms with Gasteiger partial charge in [-0.2, -0.15) is 0 Å². The lowest BCUT2D eigenvalue weighted by atomic mass is 10.3. The van der Waals surface area contributed by atoms with Gasteiger partial charge in [0.25, 0.3) is 0 Å². The molecule has 0 fully saturated rings. The molecular weight excluding hydrogens is 307 g/mol. The summed E-state index contributed by atoms with van der Waals surface area (Å²) in [4.78, 5) is 10.7. The average molecular weight is 313 g/mol. The number of hydrogen-bond donors (Lipinski definition) is 1. The Labute approximate surface area is 92.6 Å². The summed E-state index contributed by atoms with van der Waals surface area (Å²) in [7, 11) is 1.16. The van der Waals surface area contributed by atoms with Crippen LogP contribution >= 0.6 is 22.6 Å². The van der Waals surface area contributed by atoms with Crippen LogP contribution in [-0.2, 0) is 4.74 Å². The summed E-state index contributed by atoms with van der Waals surface area (Å²) in [5.74, 6) is -1.45. The molecule has 0 saturated carbocycles. The van der Waals surface area contributed by atoms with E-state index in [1.807, 2.05) is 0 Å². The number of nitrogens with one attached hydrogen (secondary N) is 1. The van der Waals surface area contributed by atoms with Gasteiger partial charge < -0.3 is 4.74 Å². The highest BCUT2D eigenvalue weighted by atomic mass is 127. The number of ether oxygens (including phenoxy) is 1. The fourth-order valence-corrected chi connectivity index (χ4v) is 1.11. The summed E-state index contributed by atoms with van der Waals surface area (Å²) in [6.45, 7) is 0. The molecule has 0 bridgehead atoms. The molecule has 1 N–H and O–H groups in total. The van der Waals surface area contributed by atoms with E-state index in [0.29, 0.717) is 0 Å². The molecule has 0 aromatic heterocycles. The molecule has 1 aromatic carbocycles. The maximum atomic E-state index is 13.0. The van der Waals surface area contributed by atoms with Gasteiger partial charge in [0.05, 0.1) is 10.7 Å². The third-order valence-corrected chi connectivity index (χ3v) is 2.45. The van der Waals surface area contributed by atoms with Gasteiger partial charge >= 0.3 is 6.09 Å². The molecule has 6 heteroatoms. The summed E-state index contributed by atoms with van der Waals surface area (Å²) < 4.78 is 30.1. The largest absolute Gasteiger partial charge is 0.453 e. The number of hydrogen-bond acceptors (Lipinski definition) is 2. The van der Waals surface area contributed by atoms with Gasteiger partial charge in [-0.05, 0) is 34.7 Å². The van der Waals surface area contributed by atoms with Crippen LogP contribution in [-0.4, -0.2) is 13.2 Å². The molecule has 0 aliphatic carbocycles. The van der Waals surface area contributed by atoms with Gasteiger partial charge in [0.1, 0.15) is 11.6 Å². The molecule has 14 heavy (non-hydrogen) atoms. The first-order valence-corrected chi connectivity index (χ1v) is 4.62. The van der Waals surface area contributed by atoms with E-state index in [9.17, 15) is 13.6 Å². The highest BCUT2D eigenvalue weighted by Gasteiger charge is 2.09. The number of anilines is 1. The lowest BCUT2D eigenvalue weighted by Gasteiger charge is -2.04. The van der Waals surface area contributed by atoms with E-state index >= 15 is 0 Å². The minimum Gasteiger partial charge on any atom is -0.453 e. The van der Waals surface area contributed by atoms with Crippen LogP contribution in [0.15, 0.2) is 12.1 Å². The van der Waals surface area contributed by atoms with Crippen LogP contribution in [0.2, 0.25) is 0 Å². The van der Waals surface area contributed by atoms with Gasteiger partial charge in [-0.25, -0.2) is 13.6 Å². The van der Waals surface area contributed by atoms with Crippen molar-refractivity contribution in [2.45, 2.75) is 0 Å². The van der Waals surface area contributed by atoms with Crippen molar-refractivity contribution in [3.05, 3.63) is 27.3 Å². The topological polar surface area (TPSA) is 38.3 Å². The zero-order chi connectivity index (χ0) is 10.7. The molecule has 0 atom stereocenters. The van der Waals surface area contributed by atoms with Crippen molar-refractivity contribution in [1.82, 2.24) is 0 Å². The second kappa shape index (κ2) is 4.54. The van der Waals surface area contributed by atoms with Crippen molar-refractivity contribution >= 4 is 34.4 Å². The second-order valence-electron chi connectivity index (χ2n) is 2.37. The third kappa shape index (κ3) is 2.53. The maximum absolute atomic E-state index is 13.0. The molecule has 0 heterocycles. The Morgan fingerprint density at radius 3 is 2.36 bits per heavy atom. The van der Waals surface area contributed by atoms with E-state index in [0.717, 1.165) is 19.2 Å². The first-order chi connectivity index (χ1) is 6.54. The Morgan fingerprint density at radius 1 is 1.43 bits per heavy atom. The molecule has 1 aromatic rings. The molecule has 0 aliphatic rings. The van der Waals surface area contributed by atoms with Crippen molar-refractivity contribution < 1.29 is 18.3 Å². The highest BCUT2D eigenvalue weighted by Crippen LogP contribution is 2.20. The standard InChI is InChI=1S/C8H6F2INO2/c1-14-8(13)12-4-2-5(9)7(11)6(10)3-4/h2-3H,1H3,(H,12,13). The quantitative estimate of drug-likeness (QED) is 0.639. The molecule has 0 aliphatic heterocycles. The van der Waals surface area contributed by atoms with Crippen LogP contribution < -0.4 is 5.32 Å². The van der Waals surface area contributed by atoms with Crippen LogP contribution in [0.25, 0.3) is 0 Å². The minimum atomic E-state index is -0.773. The van der Waals surface area contributed by atoms with E-state index in [1.54, 1.807) is 0 Å². The Kier molecular flexibility index (Phi) is 3.62. The molecule has 0 spiro atoms. The van der Waals surface area contributed by atoms with Crippen LogP contribution in [0, 0.1) is 15.2 Å². The van der Waals surface area contributed by atoms with E-state index in [4.69, 9.17) is 0 Å². The lowest BCUT2D eigenvalue weighted by molar-refractivity contribution is 0.187. The molecule has 0 saturated heterocycles. The fourth-order valence-electron chi connectivity index (χ4n) is 0.797. The van der Waals surface area contributed by atoms with Gasteiger partial charge in [-0.1, -0.05) is 0 Å². The van der Waals surface area contributed by atoms with Crippen molar-refractivity contribution in [2.24, 2.45) is 0 Å². The van der Waals surface area contributed by atoms with E-state index < -0.39 is 17.7 Å². The monoisotopic (exact) mass is 313 g/mol. The van der Waals surface area contributed by atoms with E-state index in [1.165, 1.54) is 22.6 Å². The molecule has 3 nitrogen and oxygen atoms in total. The van der Waals surface area contributed by atoms with Crippen LogP contribution in [0.5, 0.6) is 0 Å². The van der Waals surface area contributed by atoms with Crippen molar-refractivity contribution in [3.8, 4) is 0 Å². The van der Waals surface area contributed by atoms with E-state index in [-0.39, 0.29) is 9.26 Å². The van der Waals surface area contributed by atoms with Gasteiger partial charge in [-0.3, -0.25) is 5.32 Å². The summed E-state index contributed by atoms with van der Waals surface area (Å²) in [6.07, 6.45) is -0.773. The van der Waals surface area contributed by atoms with Crippen molar-refractivity contribution in [1.29, 1.82) is 0 Å². The predicted molar refractivity (Wildman–Crippen MR) is 55.1 cm³/mol. The van der Waals surface area contributed by atoms with Gasteiger partial charge in [0.2, 0.25) is 0 Å². The zero-order valence-corrected chi connectivity index (χ0v) is 9.26. The number of amides is 1. The number of benzene rings is 1. The fraction of sp³-hybridized carbons (Fsp3) is 0.125. The third-order valence-electron chi connectivity index (χ3n) is 1.42. The zero-order valence-electron chi connectivity index (χ0n) is 7.11. The SMILES string of the molecule is COC(=O)Nc1cc(F)c(I)c(F)c1. The van der Waals surface area contributed by atoms with Crippen LogP contribution in [0.3, 0.4) is 0 Å². The molecule has 0 unspecified atom stereocenters. The predicted octanol–water partition coefficient (Wildman–Crippen LogP) is 2.75. The number of halogens is 3. The molecular formula is C8H6F2INO2. The lowest BCUT2D eigenvalue weighted by Crippen LogP contribution is -2.11. The molecule has 1 rings (SSSR count). The Hall–Kier alpha value is -0.920. The number of carbonyl (C=O) groups excluding carboxylic acids is 1. The van der Waals surface area contributed by atoms with Gasteiger partial charge in [-0.15, -0.1) is 0 Å². The Morgan fingerprint density at radius 2 is 1.93 bits per heavy atom. The number of carbonyl (C=O) groups is 1.